The van der Waals surface area contributed by atoms with E-state index in [0.29, 0.717) is 11.7 Å². The first-order valence-corrected chi connectivity index (χ1v) is 9.12. The van der Waals surface area contributed by atoms with E-state index >= 15 is 0 Å². The summed E-state index contributed by atoms with van der Waals surface area (Å²) in [6, 6.07) is 9.98. The SMILES string of the molecule is CCCc1nnc(NC(=O)NC2CCOC(c3ccccc3)C2)s1. The molecule has 2 aromatic rings. The number of aromatic nitrogens is 2. The van der Waals surface area contributed by atoms with E-state index in [1.165, 1.54) is 11.3 Å². The van der Waals surface area contributed by atoms with Crippen LogP contribution < -0.4 is 10.6 Å². The van der Waals surface area contributed by atoms with Crippen molar-refractivity contribution in [1.82, 2.24) is 15.5 Å². The molecule has 0 saturated carbocycles. The topological polar surface area (TPSA) is 76.1 Å². The van der Waals surface area contributed by atoms with E-state index in [1.807, 2.05) is 18.2 Å². The van der Waals surface area contributed by atoms with Crippen LogP contribution >= 0.6 is 11.3 Å². The summed E-state index contributed by atoms with van der Waals surface area (Å²) in [6.07, 6.45) is 3.52. The molecule has 1 aromatic carbocycles. The minimum absolute atomic E-state index is 0.0305. The number of anilines is 1. The number of benzene rings is 1. The second-order valence-corrected chi connectivity index (χ2v) is 6.90. The first-order valence-electron chi connectivity index (χ1n) is 8.31. The molecule has 1 aromatic heterocycles. The van der Waals surface area contributed by atoms with E-state index < -0.39 is 0 Å². The van der Waals surface area contributed by atoms with Crippen molar-refractivity contribution in [2.75, 3.05) is 11.9 Å². The first-order chi connectivity index (χ1) is 11.7. The predicted molar refractivity (Wildman–Crippen MR) is 94.2 cm³/mol. The highest BCUT2D eigenvalue weighted by Crippen LogP contribution is 2.28. The molecule has 1 fully saturated rings. The monoisotopic (exact) mass is 346 g/mol. The average Bonchev–Trinajstić information content (AvgIpc) is 3.03. The van der Waals surface area contributed by atoms with Gasteiger partial charge in [0.25, 0.3) is 0 Å². The number of carbonyl (C=O) groups excluding carboxylic acids is 1. The fourth-order valence-corrected chi connectivity index (χ4v) is 3.60. The summed E-state index contributed by atoms with van der Waals surface area (Å²) in [5, 5.41) is 15.4. The molecular weight excluding hydrogens is 324 g/mol. The summed E-state index contributed by atoms with van der Waals surface area (Å²) in [5.74, 6) is 0. The van der Waals surface area contributed by atoms with Gasteiger partial charge >= 0.3 is 6.03 Å². The van der Waals surface area contributed by atoms with Gasteiger partial charge in [0.15, 0.2) is 0 Å². The van der Waals surface area contributed by atoms with Crippen LogP contribution in [0, 0.1) is 0 Å². The third-order valence-corrected chi connectivity index (χ3v) is 4.84. The Kier molecular flexibility index (Phi) is 5.77. The van der Waals surface area contributed by atoms with Crippen LogP contribution in [-0.4, -0.2) is 28.9 Å². The molecule has 2 unspecified atom stereocenters. The van der Waals surface area contributed by atoms with Crippen LogP contribution in [0.4, 0.5) is 9.93 Å². The van der Waals surface area contributed by atoms with Gasteiger partial charge in [0.1, 0.15) is 5.01 Å². The van der Waals surface area contributed by atoms with Crippen molar-refractivity contribution in [2.24, 2.45) is 0 Å². The van der Waals surface area contributed by atoms with Gasteiger partial charge < -0.3 is 10.1 Å². The highest BCUT2D eigenvalue weighted by Gasteiger charge is 2.25. The lowest BCUT2D eigenvalue weighted by molar-refractivity contribution is 0.00254. The fourth-order valence-electron chi connectivity index (χ4n) is 2.77. The molecule has 1 aliphatic heterocycles. The molecule has 0 radical (unpaired) electrons. The highest BCUT2D eigenvalue weighted by molar-refractivity contribution is 7.15. The second kappa shape index (κ2) is 8.21. The zero-order valence-corrected chi connectivity index (χ0v) is 14.5. The Labute approximate surface area is 145 Å². The second-order valence-electron chi connectivity index (χ2n) is 5.84. The number of hydrogen-bond acceptors (Lipinski definition) is 5. The van der Waals surface area contributed by atoms with Crippen LogP contribution in [0.5, 0.6) is 0 Å². The molecule has 2 N–H and O–H groups in total. The van der Waals surface area contributed by atoms with Gasteiger partial charge in [-0.15, -0.1) is 10.2 Å². The number of ether oxygens (including phenoxy) is 1. The van der Waals surface area contributed by atoms with Crippen molar-refractivity contribution in [3.8, 4) is 0 Å². The maximum atomic E-state index is 12.2. The molecule has 2 atom stereocenters. The predicted octanol–water partition coefficient (Wildman–Crippen LogP) is 3.53. The van der Waals surface area contributed by atoms with E-state index in [4.69, 9.17) is 4.74 Å². The molecule has 2 heterocycles. The highest BCUT2D eigenvalue weighted by atomic mass is 32.1. The Morgan fingerprint density at radius 3 is 2.96 bits per heavy atom. The summed E-state index contributed by atoms with van der Waals surface area (Å²) in [4.78, 5) is 12.2. The lowest BCUT2D eigenvalue weighted by Gasteiger charge is -2.30. The molecule has 7 heteroatoms. The van der Waals surface area contributed by atoms with Crippen molar-refractivity contribution < 1.29 is 9.53 Å². The van der Waals surface area contributed by atoms with Crippen LogP contribution in [0.3, 0.4) is 0 Å². The number of urea groups is 1. The number of carbonyl (C=O) groups is 1. The molecule has 0 bridgehead atoms. The van der Waals surface area contributed by atoms with Crippen molar-refractivity contribution in [1.29, 1.82) is 0 Å². The molecule has 3 rings (SSSR count). The van der Waals surface area contributed by atoms with E-state index in [9.17, 15) is 4.79 Å². The van der Waals surface area contributed by atoms with Crippen LogP contribution in [0.1, 0.15) is 42.9 Å². The van der Waals surface area contributed by atoms with Crippen molar-refractivity contribution in [2.45, 2.75) is 44.8 Å². The molecule has 1 saturated heterocycles. The van der Waals surface area contributed by atoms with E-state index in [2.05, 4.69) is 39.9 Å². The maximum absolute atomic E-state index is 12.2. The van der Waals surface area contributed by atoms with Crippen LogP contribution in [0.2, 0.25) is 0 Å². The lowest BCUT2D eigenvalue weighted by Crippen LogP contribution is -2.42. The Morgan fingerprint density at radius 1 is 1.33 bits per heavy atom. The van der Waals surface area contributed by atoms with Crippen molar-refractivity contribution in [3.05, 3.63) is 40.9 Å². The van der Waals surface area contributed by atoms with Gasteiger partial charge in [0, 0.05) is 19.1 Å². The molecule has 6 nitrogen and oxygen atoms in total. The zero-order chi connectivity index (χ0) is 16.8. The number of rotatable bonds is 5. The third-order valence-electron chi connectivity index (χ3n) is 3.94. The maximum Gasteiger partial charge on any atom is 0.321 e. The normalized spacial score (nSPS) is 20.5. The minimum atomic E-state index is -0.229. The molecule has 1 aliphatic rings. The quantitative estimate of drug-likeness (QED) is 0.868. The van der Waals surface area contributed by atoms with Crippen LogP contribution in [0.25, 0.3) is 0 Å². The van der Waals surface area contributed by atoms with Crippen molar-refractivity contribution in [3.63, 3.8) is 0 Å². The molecule has 2 amide bonds. The van der Waals surface area contributed by atoms with Gasteiger partial charge in [0.05, 0.1) is 6.10 Å². The van der Waals surface area contributed by atoms with E-state index in [1.54, 1.807) is 0 Å². The number of nitrogens with zero attached hydrogens (tertiary/aromatic N) is 2. The van der Waals surface area contributed by atoms with Gasteiger partial charge in [-0.1, -0.05) is 48.6 Å². The van der Waals surface area contributed by atoms with E-state index in [-0.39, 0.29) is 18.2 Å². The molecule has 128 valence electrons. The summed E-state index contributed by atoms with van der Waals surface area (Å²) in [7, 11) is 0. The molecule has 24 heavy (non-hydrogen) atoms. The number of hydrogen-bond donors (Lipinski definition) is 2. The van der Waals surface area contributed by atoms with Gasteiger partial charge in [-0.3, -0.25) is 5.32 Å². The summed E-state index contributed by atoms with van der Waals surface area (Å²) in [6.45, 7) is 2.74. The van der Waals surface area contributed by atoms with Gasteiger partial charge in [0.2, 0.25) is 5.13 Å². The van der Waals surface area contributed by atoms with Gasteiger partial charge in [-0.05, 0) is 24.8 Å². The minimum Gasteiger partial charge on any atom is -0.373 e. The Balaban J connectivity index is 1.52. The molecule has 0 spiro atoms. The average molecular weight is 346 g/mol. The Morgan fingerprint density at radius 2 is 2.17 bits per heavy atom. The molecule has 0 aliphatic carbocycles. The Bertz CT molecular complexity index is 662. The largest absolute Gasteiger partial charge is 0.373 e. The van der Waals surface area contributed by atoms with Crippen LogP contribution in [-0.2, 0) is 11.2 Å². The molecular formula is C17H22N4O2S. The Hall–Kier alpha value is -1.99. The first kappa shape index (κ1) is 16.9. The standard InChI is InChI=1S/C17H22N4O2S/c1-2-6-15-20-21-17(24-15)19-16(22)18-13-9-10-23-14(11-13)12-7-4-3-5-8-12/h3-5,7-8,13-14H,2,6,9-11H2,1H3,(H2,18,19,21,22). The summed E-state index contributed by atoms with van der Waals surface area (Å²) in [5.41, 5.74) is 1.15. The zero-order valence-electron chi connectivity index (χ0n) is 13.7. The smallest absolute Gasteiger partial charge is 0.321 e. The number of nitrogens with one attached hydrogen (secondary N) is 2. The van der Waals surface area contributed by atoms with Crippen molar-refractivity contribution >= 4 is 22.5 Å². The van der Waals surface area contributed by atoms with Crippen LogP contribution in [0.15, 0.2) is 30.3 Å². The lowest BCUT2D eigenvalue weighted by atomic mass is 9.97. The van der Waals surface area contributed by atoms with Gasteiger partial charge in [-0.25, -0.2) is 4.79 Å². The summed E-state index contributed by atoms with van der Waals surface area (Å²) >= 11 is 1.43. The number of amides is 2. The van der Waals surface area contributed by atoms with Gasteiger partial charge in [-0.2, -0.15) is 0 Å². The number of aryl methyl sites for hydroxylation is 1. The summed E-state index contributed by atoms with van der Waals surface area (Å²) < 4.78 is 5.83. The fraction of sp³-hybridized carbons (Fsp3) is 0.471. The van der Waals surface area contributed by atoms with E-state index in [0.717, 1.165) is 36.3 Å². The third kappa shape index (κ3) is 4.52.